The first-order valence-corrected chi connectivity index (χ1v) is 17.3. The van der Waals surface area contributed by atoms with Gasteiger partial charge in [0.2, 0.25) is 5.95 Å². The zero-order chi connectivity index (χ0) is 33.5. The third-order valence-corrected chi connectivity index (χ3v) is 10.2. The zero-order valence-corrected chi connectivity index (χ0v) is 27.5. The van der Waals surface area contributed by atoms with E-state index in [1.165, 1.54) is 32.6 Å². The molecular formula is C46H29N5. The second-order valence-corrected chi connectivity index (χ2v) is 13.0. The highest BCUT2D eigenvalue weighted by Crippen LogP contribution is 2.47. The van der Waals surface area contributed by atoms with Gasteiger partial charge >= 0.3 is 0 Å². The van der Waals surface area contributed by atoms with Crippen molar-refractivity contribution in [1.29, 1.82) is 0 Å². The third kappa shape index (κ3) is 4.03. The normalized spacial score (nSPS) is 11.9. The van der Waals surface area contributed by atoms with Crippen molar-refractivity contribution in [3.63, 3.8) is 0 Å². The van der Waals surface area contributed by atoms with Gasteiger partial charge in [-0.25, -0.2) is 9.97 Å². The van der Waals surface area contributed by atoms with E-state index in [0.717, 1.165) is 56.0 Å². The molecule has 4 heterocycles. The van der Waals surface area contributed by atoms with Gasteiger partial charge in [-0.2, -0.15) is 0 Å². The fourth-order valence-corrected chi connectivity index (χ4v) is 8.14. The Morgan fingerprint density at radius 2 is 0.647 bits per heavy atom. The first-order valence-electron chi connectivity index (χ1n) is 17.3. The molecule has 5 nitrogen and oxygen atoms in total. The van der Waals surface area contributed by atoms with Crippen LogP contribution in [0.15, 0.2) is 176 Å². The minimum Gasteiger partial charge on any atom is -0.309 e. The van der Waals surface area contributed by atoms with E-state index in [1.807, 2.05) is 12.1 Å². The Morgan fingerprint density at radius 3 is 1.06 bits per heavy atom. The molecule has 4 aromatic heterocycles. The molecule has 0 aliphatic rings. The van der Waals surface area contributed by atoms with E-state index < -0.39 is 0 Å². The number of benzene rings is 7. The smallest absolute Gasteiger partial charge is 0.235 e. The first kappa shape index (κ1) is 27.9. The molecule has 0 saturated carbocycles. The molecule has 51 heavy (non-hydrogen) atoms. The summed E-state index contributed by atoms with van der Waals surface area (Å²) in [6, 6.07) is 62.2. The number of nitrogens with zero attached hydrogens (tertiary/aromatic N) is 5. The maximum Gasteiger partial charge on any atom is 0.235 e. The van der Waals surface area contributed by atoms with Crippen LogP contribution in [0.1, 0.15) is 0 Å². The van der Waals surface area contributed by atoms with Crippen LogP contribution in [0.25, 0.3) is 94.5 Å². The highest BCUT2D eigenvalue weighted by Gasteiger charge is 2.26. The Kier molecular flexibility index (Phi) is 5.89. The lowest BCUT2D eigenvalue weighted by atomic mass is 10.1. The molecule has 0 unspecified atom stereocenters. The van der Waals surface area contributed by atoms with E-state index in [4.69, 9.17) is 9.97 Å². The summed E-state index contributed by atoms with van der Waals surface area (Å²) >= 11 is 0. The molecule has 0 aliphatic heterocycles. The molecule has 0 atom stereocenters. The summed E-state index contributed by atoms with van der Waals surface area (Å²) in [5.41, 5.74) is 12.8. The van der Waals surface area contributed by atoms with E-state index in [1.54, 1.807) is 0 Å². The van der Waals surface area contributed by atoms with Crippen molar-refractivity contribution in [3.8, 4) is 39.8 Å². The molecule has 0 spiro atoms. The van der Waals surface area contributed by atoms with Crippen LogP contribution >= 0.6 is 0 Å². The third-order valence-electron chi connectivity index (χ3n) is 10.2. The quantitative estimate of drug-likeness (QED) is 0.186. The van der Waals surface area contributed by atoms with Crippen LogP contribution in [0, 0.1) is 0 Å². The van der Waals surface area contributed by atoms with Crippen LogP contribution in [0.3, 0.4) is 0 Å². The molecule has 0 saturated heterocycles. The molecule has 238 valence electrons. The van der Waals surface area contributed by atoms with Crippen LogP contribution in [0.2, 0.25) is 0 Å². The molecule has 11 rings (SSSR count). The first-order chi connectivity index (χ1) is 25.3. The summed E-state index contributed by atoms with van der Waals surface area (Å²) < 4.78 is 7.11. The summed E-state index contributed by atoms with van der Waals surface area (Å²) in [4.78, 5) is 10.8. The van der Waals surface area contributed by atoms with Gasteiger partial charge in [-0.3, -0.25) is 4.57 Å². The Balaban J connectivity index is 1.38. The molecule has 0 aliphatic carbocycles. The topological polar surface area (TPSA) is 40.6 Å². The Labute approximate surface area is 293 Å². The fourth-order valence-electron chi connectivity index (χ4n) is 8.14. The lowest BCUT2D eigenvalue weighted by Gasteiger charge is -2.15. The van der Waals surface area contributed by atoms with Gasteiger partial charge in [0.05, 0.1) is 44.5 Å². The average molecular weight is 652 g/mol. The van der Waals surface area contributed by atoms with Crippen molar-refractivity contribution < 1.29 is 0 Å². The van der Waals surface area contributed by atoms with Gasteiger partial charge < -0.3 is 9.13 Å². The maximum absolute atomic E-state index is 5.39. The van der Waals surface area contributed by atoms with Crippen LogP contribution in [0.5, 0.6) is 0 Å². The number of hydrogen-bond acceptors (Lipinski definition) is 2. The van der Waals surface area contributed by atoms with E-state index in [0.29, 0.717) is 5.95 Å². The van der Waals surface area contributed by atoms with Crippen molar-refractivity contribution >= 4 is 54.6 Å². The number of para-hydroxylation sites is 2. The molecular weight excluding hydrogens is 623 g/mol. The van der Waals surface area contributed by atoms with Gasteiger partial charge in [-0.1, -0.05) is 109 Å². The molecule has 0 N–H and O–H groups in total. The van der Waals surface area contributed by atoms with Crippen LogP contribution in [-0.2, 0) is 0 Å². The molecule has 0 bridgehead atoms. The van der Waals surface area contributed by atoms with Gasteiger partial charge in [0.1, 0.15) is 0 Å². The summed E-state index contributed by atoms with van der Waals surface area (Å²) in [7, 11) is 0. The molecule has 0 fully saturated rings. The largest absolute Gasteiger partial charge is 0.309 e. The van der Waals surface area contributed by atoms with Crippen LogP contribution in [-0.4, -0.2) is 23.7 Å². The average Bonchev–Trinajstić information content (AvgIpc) is 3.68. The van der Waals surface area contributed by atoms with Gasteiger partial charge in [0.15, 0.2) is 0 Å². The number of aromatic nitrogens is 5. The van der Waals surface area contributed by atoms with E-state index in [2.05, 4.69) is 177 Å². The maximum atomic E-state index is 5.39. The highest BCUT2D eigenvalue weighted by atomic mass is 15.2. The van der Waals surface area contributed by atoms with Crippen molar-refractivity contribution in [3.05, 3.63) is 176 Å². The predicted molar refractivity (Wildman–Crippen MR) is 210 cm³/mol. The molecule has 5 heteroatoms. The fraction of sp³-hybridized carbons (Fsp3) is 0. The summed E-state index contributed by atoms with van der Waals surface area (Å²) in [5.74, 6) is 0.629. The van der Waals surface area contributed by atoms with Crippen molar-refractivity contribution in [2.24, 2.45) is 0 Å². The Bertz CT molecular complexity index is 2840. The highest BCUT2D eigenvalue weighted by molar-refractivity contribution is 6.35. The Morgan fingerprint density at radius 1 is 0.294 bits per heavy atom. The number of hydrogen-bond donors (Lipinski definition) is 0. The summed E-state index contributed by atoms with van der Waals surface area (Å²) in [5, 5.41) is 4.83. The summed E-state index contributed by atoms with van der Waals surface area (Å²) in [6.07, 6.45) is 0. The zero-order valence-electron chi connectivity index (χ0n) is 27.5. The van der Waals surface area contributed by atoms with Crippen LogP contribution in [0.4, 0.5) is 0 Å². The van der Waals surface area contributed by atoms with E-state index in [9.17, 15) is 0 Å². The molecule has 11 aromatic rings. The van der Waals surface area contributed by atoms with Crippen molar-refractivity contribution in [2.75, 3.05) is 0 Å². The van der Waals surface area contributed by atoms with Gasteiger partial charge in [-0.05, 0) is 66.7 Å². The summed E-state index contributed by atoms with van der Waals surface area (Å²) in [6.45, 7) is 0. The molecule has 0 amide bonds. The SMILES string of the molecule is c1ccc(-c2cc(-c3ccccc3)nc(-n3c4cccc5c4c4c6c7c(cccc73)n(-c3ccccc3)c6ccc4n5-c3ccccc3)n2)cc1. The second-order valence-electron chi connectivity index (χ2n) is 13.0. The van der Waals surface area contributed by atoms with E-state index >= 15 is 0 Å². The lowest BCUT2D eigenvalue weighted by Crippen LogP contribution is -2.06. The van der Waals surface area contributed by atoms with Crippen molar-refractivity contribution in [2.45, 2.75) is 0 Å². The van der Waals surface area contributed by atoms with Gasteiger partial charge in [-0.15, -0.1) is 0 Å². The lowest BCUT2D eigenvalue weighted by molar-refractivity contribution is 0.992. The van der Waals surface area contributed by atoms with Crippen molar-refractivity contribution in [1.82, 2.24) is 23.7 Å². The Hall–Kier alpha value is -6.98. The molecule has 7 aromatic carbocycles. The van der Waals surface area contributed by atoms with Gasteiger partial charge in [0, 0.05) is 44.0 Å². The molecule has 0 radical (unpaired) electrons. The number of rotatable bonds is 5. The second kappa shape index (κ2) is 10.8. The monoisotopic (exact) mass is 651 g/mol. The van der Waals surface area contributed by atoms with E-state index in [-0.39, 0.29) is 0 Å². The van der Waals surface area contributed by atoms with Gasteiger partial charge in [0.25, 0.3) is 0 Å². The van der Waals surface area contributed by atoms with Crippen LogP contribution < -0.4 is 0 Å². The predicted octanol–water partition coefficient (Wildman–Crippen LogP) is 11.4. The minimum atomic E-state index is 0.629. The standard InChI is InChI=1S/C46H29N5/c1-5-15-30(16-6-1)34-29-35(31-17-7-2-8-18-31)48-46(47-34)51-38-25-13-23-36-42(38)44-40(49(36)32-19-9-3-10-20-32)27-28-41-45(44)43-37(24-14-26-39(43)51)50(41)33-21-11-4-12-22-33/h1-29H. The minimum absolute atomic E-state index is 0.629.